The molecule has 3 rings (SSSR count). The first kappa shape index (κ1) is 27.9. The number of aliphatic hydroxyl groups excluding tert-OH is 11. The lowest BCUT2D eigenvalue weighted by Gasteiger charge is -2.60. The van der Waals surface area contributed by atoms with Gasteiger partial charge in [-0.25, -0.2) is 0 Å². The SMILES string of the molecule is C[C@@H]1OC(O)[C@@H](O)[C@H](O)[C@]1(O)[C@]1(CO)O[C@@H](O[C@H]2[C@H](O)C(O)C(O)O[C@@H]2CO)[C@H](O)[C@@H](O)[C@H]1O. The van der Waals surface area contributed by atoms with E-state index in [4.69, 9.17) is 18.9 Å². The van der Waals surface area contributed by atoms with Crippen LogP contribution in [0.2, 0.25) is 0 Å². The molecule has 34 heavy (non-hydrogen) atoms. The Morgan fingerprint density at radius 2 is 1.32 bits per heavy atom. The quantitative estimate of drug-likeness (QED) is 0.165. The lowest BCUT2D eigenvalue weighted by atomic mass is 9.66. The van der Waals surface area contributed by atoms with E-state index in [-0.39, 0.29) is 0 Å². The van der Waals surface area contributed by atoms with Crippen molar-refractivity contribution >= 4 is 0 Å². The minimum atomic E-state index is -2.93. The van der Waals surface area contributed by atoms with Crippen molar-refractivity contribution in [2.45, 2.75) is 98.0 Å². The van der Waals surface area contributed by atoms with E-state index in [2.05, 4.69) is 0 Å². The fourth-order valence-corrected chi connectivity index (χ4v) is 4.70. The highest BCUT2D eigenvalue weighted by Crippen LogP contribution is 2.46. The van der Waals surface area contributed by atoms with E-state index < -0.39 is 104 Å². The zero-order valence-electron chi connectivity index (χ0n) is 17.9. The third-order valence-corrected chi connectivity index (χ3v) is 6.83. The van der Waals surface area contributed by atoms with E-state index in [1.165, 1.54) is 0 Å². The van der Waals surface area contributed by atoms with E-state index in [0.717, 1.165) is 6.92 Å². The van der Waals surface area contributed by atoms with Crippen LogP contribution in [0.5, 0.6) is 0 Å². The second-order valence-electron chi connectivity index (χ2n) is 8.72. The maximum absolute atomic E-state index is 11.4. The predicted molar refractivity (Wildman–Crippen MR) is 101 cm³/mol. The summed E-state index contributed by atoms with van der Waals surface area (Å²) in [4.78, 5) is 0. The normalized spacial score (nSPS) is 56.9. The van der Waals surface area contributed by atoms with Gasteiger partial charge in [-0.2, -0.15) is 0 Å². The summed E-state index contributed by atoms with van der Waals surface area (Å²) in [7, 11) is 0. The van der Waals surface area contributed by atoms with E-state index in [9.17, 15) is 61.3 Å². The zero-order chi connectivity index (χ0) is 25.7. The number of hydrogen-bond donors (Lipinski definition) is 12. The molecule has 16 heteroatoms. The van der Waals surface area contributed by atoms with Crippen LogP contribution in [0.4, 0.5) is 0 Å². The van der Waals surface area contributed by atoms with Crippen molar-refractivity contribution in [2.24, 2.45) is 0 Å². The lowest BCUT2D eigenvalue weighted by molar-refractivity contribution is -0.429. The summed E-state index contributed by atoms with van der Waals surface area (Å²) >= 11 is 0. The van der Waals surface area contributed by atoms with Crippen LogP contribution in [0, 0.1) is 0 Å². The molecule has 12 N–H and O–H groups in total. The van der Waals surface area contributed by atoms with Crippen LogP contribution in [0.3, 0.4) is 0 Å². The Labute approximate surface area is 192 Å². The molecule has 0 aromatic rings. The summed E-state index contributed by atoms with van der Waals surface area (Å²) in [5.74, 6) is 0. The third kappa shape index (κ3) is 4.06. The van der Waals surface area contributed by atoms with Crippen molar-refractivity contribution in [3.63, 3.8) is 0 Å². The molecule has 0 radical (unpaired) electrons. The highest BCUT2D eigenvalue weighted by Gasteiger charge is 2.71. The molecular weight excluding hydrogens is 472 g/mol. The van der Waals surface area contributed by atoms with Gasteiger partial charge < -0.3 is 80.2 Å². The van der Waals surface area contributed by atoms with Crippen LogP contribution >= 0.6 is 0 Å². The number of aliphatic hydroxyl groups is 12. The van der Waals surface area contributed by atoms with Crippen LogP contribution in [0.25, 0.3) is 0 Å². The summed E-state index contributed by atoms with van der Waals surface area (Å²) in [6.45, 7) is -1.13. The van der Waals surface area contributed by atoms with Gasteiger partial charge >= 0.3 is 0 Å². The van der Waals surface area contributed by atoms with Crippen LogP contribution in [0.15, 0.2) is 0 Å². The molecule has 0 amide bonds. The van der Waals surface area contributed by atoms with Gasteiger partial charge in [-0.3, -0.25) is 0 Å². The van der Waals surface area contributed by atoms with Crippen molar-refractivity contribution in [1.29, 1.82) is 0 Å². The molecule has 3 unspecified atom stereocenters. The number of hydrogen-bond acceptors (Lipinski definition) is 16. The first-order valence-electron chi connectivity index (χ1n) is 10.5. The summed E-state index contributed by atoms with van der Waals surface area (Å²) < 4.78 is 20.8. The van der Waals surface area contributed by atoms with Crippen molar-refractivity contribution in [3.8, 4) is 0 Å². The molecular formula is C18H32O16. The van der Waals surface area contributed by atoms with Crippen molar-refractivity contribution in [3.05, 3.63) is 0 Å². The first-order valence-corrected chi connectivity index (χ1v) is 10.5. The van der Waals surface area contributed by atoms with Gasteiger partial charge in [0.25, 0.3) is 0 Å². The Balaban J connectivity index is 1.99. The Kier molecular flexibility index (Phi) is 8.23. The minimum absolute atomic E-state index is 0.859. The number of ether oxygens (including phenoxy) is 4. The summed E-state index contributed by atoms with van der Waals surface area (Å²) in [6.07, 6.45) is -25.9. The largest absolute Gasteiger partial charge is 0.394 e. The van der Waals surface area contributed by atoms with Gasteiger partial charge in [-0.05, 0) is 6.92 Å². The molecule has 3 aliphatic heterocycles. The van der Waals surface area contributed by atoms with Gasteiger partial charge in [-0.15, -0.1) is 0 Å². The highest BCUT2D eigenvalue weighted by molar-refractivity contribution is 5.19. The molecule has 0 aromatic carbocycles. The fourth-order valence-electron chi connectivity index (χ4n) is 4.70. The van der Waals surface area contributed by atoms with E-state index in [1.54, 1.807) is 0 Å². The van der Waals surface area contributed by atoms with Gasteiger partial charge in [0.2, 0.25) is 0 Å². The molecule has 3 fully saturated rings. The van der Waals surface area contributed by atoms with Gasteiger partial charge in [0.15, 0.2) is 30.1 Å². The highest BCUT2D eigenvalue weighted by atomic mass is 16.7. The van der Waals surface area contributed by atoms with Crippen LogP contribution in [0.1, 0.15) is 6.92 Å². The molecule has 0 aliphatic carbocycles. The molecule has 0 aromatic heterocycles. The second-order valence-corrected chi connectivity index (χ2v) is 8.72. The van der Waals surface area contributed by atoms with Crippen LogP contribution in [-0.4, -0.2) is 166 Å². The molecule has 0 saturated carbocycles. The molecule has 3 heterocycles. The lowest BCUT2D eigenvalue weighted by Crippen LogP contribution is -2.83. The topological polar surface area (TPSA) is 280 Å². The Bertz CT molecular complexity index is 697. The molecule has 0 bridgehead atoms. The Morgan fingerprint density at radius 3 is 1.88 bits per heavy atom. The third-order valence-electron chi connectivity index (χ3n) is 6.83. The Hall–Kier alpha value is -0.640. The monoisotopic (exact) mass is 504 g/mol. The summed E-state index contributed by atoms with van der Waals surface area (Å²) in [5, 5.41) is 123. The molecule has 16 nitrogen and oxygen atoms in total. The minimum Gasteiger partial charge on any atom is -0.394 e. The standard InChI is InChI=1S/C18H32O16/c1-4-18(30,13(27)10(25)15(29)31-4)17(3-20)12(26)7(22)9(24)16(34-17)33-11-5(2-19)32-14(28)8(23)6(11)21/h4-16,19-30H,2-3H2,1H3/t4-,5+,6+,7+,8?,9+,10-,11+,12+,13-,14?,15?,16+,17+,18-/m0/s1. The molecule has 3 aliphatic rings. The summed E-state index contributed by atoms with van der Waals surface area (Å²) in [6, 6.07) is 0. The summed E-state index contributed by atoms with van der Waals surface area (Å²) in [5.41, 5.74) is -5.76. The van der Waals surface area contributed by atoms with Crippen LogP contribution in [-0.2, 0) is 18.9 Å². The van der Waals surface area contributed by atoms with E-state index >= 15 is 0 Å². The van der Waals surface area contributed by atoms with Crippen molar-refractivity contribution < 1.29 is 80.2 Å². The zero-order valence-corrected chi connectivity index (χ0v) is 17.9. The van der Waals surface area contributed by atoms with Crippen LogP contribution < -0.4 is 0 Å². The van der Waals surface area contributed by atoms with E-state index in [0.29, 0.717) is 0 Å². The molecule has 15 atom stereocenters. The maximum Gasteiger partial charge on any atom is 0.187 e. The maximum atomic E-state index is 11.4. The van der Waals surface area contributed by atoms with Gasteiger partial charge in [-0.1, -0.05) is 0 Å². The average molecular weight is 504 g/mol. The van der Waals surface area contributed by atoms with E-state index in [1.807, 2.05) is 0 Å². The second kappa shape index (κ2) is 10.0. The van der Waals surface area contributed by atoms with Gasteiger partial charge in [0.05, 0.1) is 19.3 Å². The molecule has 200 valence electrons. The van der Waals surface area contributed by atoms with Gasteiger partial charge in [0.1, 0.15) is 54.9 Å². The average Bonchev–Trinajstić information content (AvgIpc) is 2.81. The molecule has 0 spiro atoms. The fraction of sp³-hybridized carbons (Fsp3) is 1.00. The smallest absolute Gasteiger partial charge is 0.187 e. The molecule has 3 saturated heterocycles. The van der Waals surface area contributed by atoms with Crippen molar-refractivity contribution in [1.82, 2.24) is 0 Å². The predicted octanol–water partition coefficient (Wildman–Crippen LogP) is -7.84. The number of rotatable bonds is 5. The Morgan fingerprint density at radius 1 is 0.735 bits per heavy atom. The van der Waals surface area contributed by atoms with Crippen molar-refractivity contribution in [2.75, 3.05) is 13.2 Å². The first-order chi connectivity index (χ1) is 15.8. The van der Waals surface area contributed by atoms with Gasteiger partial charge in [0, 0.05) is 0 Å².